The number of hydrogen-bond acceptors (Lipinski definition) is 2. The molecule has 0 N–H and O–H groups in total. The van der Waals surface area contributed by atoms with Crippen LogP contribution in [-0.4, -0.2) is 29.0 Å². The molecule has 0 saturated heterocycles. The number of carbonyl (C=O) groups excluding carboxylic acids is 1. The first kappa shape index (κ1) is 15.8. The molecule has 2 unspecified atom stereocenters. The van der Waals surface area contributed by atoms with Crippen molar-refractivity contribution in [3.63, 3.8) is 0 Å². The second kappa shape index (κ2) is 5.31. The fourth-order valence-electron chi connectivity index (χ4n) is 5.14. The number of hydrogen-bond donors (Lipinski definition) is 0. The second-order valence-electron chi connectivity index (χ2n) is 8.32. The number of rotatable bonds is 1. The fraction of sp³-hybridized carbons (Fsp3) is 0.348. The van der Waals surface area contributed by atoms with Gasteiger partial charge < -0.3 is 4.90 Å². The standard InChI is InChI=1S/C23H24N2O/c1-15-9-10-20-18(11-15)19-14-24(3)13-16-12-23(2,17-7-5-4-6-8-17)22(26)25(20)21(16)19/h4-11,16H,12-14H2,1-3H3. The number of aryl methyl sites for hydroxylation is 1. The van der Waals surface area contributed by atoms with Crippen LogP contribution in [0.25, 0.3) is 10.9 Å². The molecule has 1 aromatic heterocycles. The molecule has 0 aliphatic carbocycles. The quantitative estimate of drug-likeness (QED) is 0.650. The summed E-state index contributed by atoms with van der Waals surface area (Å²) in [5.74, 6) is 0.610. The van der Waals surface area contributed by atoms with Gasteiger partial charge in [-0.25, -0.2) is 0 Å². The van der Waals surface area contributed by atoms with Crippen LogP contribution in [0.4, 0.5) is 0 Å². The maximum Gasteiger partial charge on any atom is 0.241 e. The highest BCUT2D eigenvalue weighted by Gasteiger charge is 2.47. The normalized spacial score (nSPS) is 25.5. The maximum absolute atomic E-state index is 13.8. The molecule has 0 saturated carbocycles. The van der Waals surface area contributed by atoms with Gasteiger partial charge in [-0.2, -0.15) is 0 Å². The summed E-state index contributed by atoms with van der Waals surface area (Å²) in [6.45, 7) is 6.19. The van der Waals surface area contributed by atoms with Gasteiger partial charge >= 0.3 is 0 Å². The summed E-state index contributed by atoms with van der Waals surface area (Å²) in [5.41, 5.74) is 5.59. The van der Waals surface area contributed by atoms with Crippen LogP contribution in [0.5, 0.6) is 0 Å². The van der Waals surface area contributed by atoms with Gasteiger partial charge in [0, 0.05) is 30.1 Å². The van der Waals surface area contributed by atoms with Crippen LogP contribution >= 0.6 is 0 Å². The Hall–Kier alpha value is -2.39. The SMILES string of the molecule is Cc1ccc2c(c1)c1c3n2C(=O)C(C)(c2ccccc2)CC3CN(C)C1. The number of likely N-dealkylation sites (N-methyl/N-ethyl adjacent to an activating group) is 1. The molecule has 3 heterocycles. The lowest BCUT2D eigenvalue weighted by Gasteiger charge is -2.42. The molecular formula is C23H24N2O. The van der Waals surface area contributed by atoms with Gasteiger partial charge in [0.25, 0.3) is 0 Å². The molecule has 0 fully saturated rings. The molecule has 3 nitrogen and oxygen atoms in total. The molecule has 0 bridgehead atoms. The summed E-state index contributed by atoms with van der Waals surface area (Å²) in [5, 5.41) is 1.25. The Morgan fingerprint density at radius 2 is 1.88 bits per heavy atom. The van der Waals surface area contributed by atoms with Crippen molar-refractivity contribution < 1.29 is 4.79 Å². The highest BCUT2D eigenvalue weighted by atomic mass is 16.2. The first-order valence-corrected chi connectivity index (χ1v) is 9.42. The number of aromatic nitrogens is 1. The van der Waals surface area contributed by atoms with Crippen molar-refractivity contribution in [1.29, 1.82) is 0 Å². The zero-order chi connectivity index (χ0) is 18.1. The maximum atomic E-state index is 13.8. The van der Waals surface area contributed by atoms with Gasteiger partial charge in [-0.1, -0.05) is 42.0 Å². The minimum absolute atomic E-state index is 0.222. The Morgan fingerprint density at radius 1 is 1.12 bits per heavy atom. The molecular weight excluding hydrogens is 320 g/mol. The number of nitrogens with zero attached hydrogens (tertiary/aromatic N) is 2. The van der Waals surface area contributed by atoms with Gasteiger partial charge in [0.05, 0.1) is 10.9 Å². The molecule has 3 aromatic rings. The lowest BCUT2D eigenvalue weighted by Crippen LogP contribution is -2.47. The third-order valence-electron chi connectivity index (χ3n) is 6.36. The van der Waals surface area contributed by atoms with E-state index in [9.17, 15) is 4.79 Å². The van der Waals surface area contributed by atoms with E-state index >= 15 is 0 Å². The largest absolute Gasteiger partial charge is 0.301 e. The molecule has 0 amide bonds. The molecule has 2 aromatic carbocycles. The van der Waals surface area contributed by atoms with E-state index in [2.05, 4.69) is 60.7 Å². The summed E-state index contributed by atoms with van der Waals surface area (Å²) in [4.78, 5) is 16.2. The molecule has 0 radical (unpaired) electrons. The van der Waals surface area contributed by atoms with Crippen molar-refractivity contribution in [2.24, 2.45) is 0 Å². The van der Waals surface area contributed by atoms with E-state index in [0.29, 0.717) is 5.92 Å². The number of benzene rings is 2. The minimum Gasteiger partial charge on any atom is -0.301 e. The second-order valence-corrected chi connectivity index (χ2v) is 8.32. The monoisotopic (exact) mass is 344 g/mol. The van der Waals surface area contributed by atoms with E-state index < -0.39 is 5.41 Å². The highest BCUT2D eigenvalue weighted by molar-refractivity contribution is 6.02. The Kier molecular flexibility index (Phi) is 3.23. The van der Waals surface area contributed by atoms with E-state index in [1.807, 2.05) is 18.2 Å². The highest BCUT2D eigenvalue weighted by Crippen LogP contribution is 2.48. The van der Waals surface area contributed by atoms with Crippen LogP contribution in [0.2, 0.25) is 0 Å². The first-order chi connectivity index (χ1) is 12.5. The van der Waals surface area contributed by atoms with Crippen LogP contribution in [0.3, 0.4) is 0 Å². The Morgan fingerprint density at radius 3 is 2.65 bits per heavy atom. The Balaban J connectivity index is 1.82. The molecule has 2 aliphatic heterocycles. The Bertz CT molecular complexity index is 1030. The lowest BCUT2D eigenvalue weighted by molar-refractivity contribution is 0.0743. The zero-order valence-corrected chi connectivity index (χ0v) is 15.6. The van der Waals surface area contributed by atoms with Crippen LogP contribution < -0.4 is 0 Å². The van der Waals surface area contributed by atoms with Crippen LogP contribution in [0, 0.1) is 6.92 Å². The average Bonchev–Trinajstić information content (AvgIpc) is 2.95. The van der Waals surface area contributed by atoms with Gasteiger partial charge in [-0.3, -0.25) is 9.36 Å². The van der Waals surface area contributed by atoms with Gasteiger partial charge in [0.15, 0.2) is 0 Å². The third-order valence-corrected chi connectivity index (χ3v) is 6.36. The number of fused-ring (bicyclic) bond motifs is 3. The van der Waals surface area contributed by atoms with Crippen molar-refractivity contribution in [2.75, 3.05) is 13.6 Å². The molecule has 0 spiro atoms. The summed E-state index contributed by atoms with van der Waals surface area (Å²) >= 11 is 0. The average molecular weight is 344 g/mol. The van der Waals surface area contributed by atoms with Crippen molar-refractivity contribution in [1.82, 2.24) is 9.47 Å². The zero-order valence-electron chi connectivity index (χ0n) is 15.6. The predicted molar refractivity (Wildman–Crippen MR) is 105 cm³/mol. The topological polar surface area (TPSA) is 25.2 Å². The molecule has 132 valence electrons. The molecule has 3 heteroatoms. The van der Waals surface area contributed by atoms with Crippen LogP contribution in [0.1, 0.15) is 46.4 Å². The van der Waals surface area contributed by atoms with Gasteiger partial charge in [0.2, 0.25) is 5.91 Å². The van der Waals surface area contributed by atoms with E-state index in [-0.39, 0.29) is 5.91 Å². The van der Waals surface area contributed by atoms with Gasteiger partial charge in [-0.05, 0) is 50.6 Å². The molecule has 5 rings (SSSR count). The van der Waals surface area contributed by atoms with Crippen LogP contribution in [-0.2, 0) is 12.0 Å². The number of carbonyl (C=O) groups is 1. The fourth-order valence-corrected chi connectivity index (χ4v) is 5.14. The summed E-state index contributed by atoms with van der Waals surface area (Å²) < 4.78 is 2.05. The molecule has 26 heavy (non-hydrogen) atoms. The summed E-state index contributed by atoms with van der Waals surface area (Å²) in [7, 11) is 2.19. The van der Waals surface area contributed by atoms with Crippen LogP contribution in [0.15, 0.2) is 48.5 Å². The molecule has 2 aliphatic rings. The van der Waals surface area contributed by atoms with E-state index in [4.69, 9.17) is 0 Å². The van der Waals surface area contributed by atoms with E-state index in [1.165, 1.54) is 22.2 Å². The minimum atomic E-state index is -0.481. The third kappa shape index (κ3) is 2.01. The van der Waals surface area contributed by atoms with Crippen molar-refractivity contribution >= 4 is 16.8 Å². The molecule has 2 atom stereocenters. The predicted octanol–water partition coefficient (Wildman–Crippen LogP) is 4.48. The van der Waals surface area contributed by atoms with E-state index in [0.717, 1.165) is 30.6 Å². The summed E-state index contributed by atoms with van der Waals surface area (Å²) in [6, 6.07) is 16.8. The van der Waals surface area contributed by atoms with Crippen molar-refractivity contribution in [2.45, 2.75) is 38.1 Å². The van der Waals surface area contributed by atoms with Gasteiger partial charge in [0.1, 0.15) is 0 Å². The lowest BCUT2D eigenvalue weighted by atomic mass is 9.70. The first-order valence-electron chi connectivity index (χ1n) is 9.42. The van der Waals surface area contributed by atoms with Crippen molar-refractivity contribution in [3.05, 3.63) is 70.9 Å². The Labute approximate surface area is 154 Å². The summed E-state index contributed by atoms with van der Waals surface area (Å²) in [6.07, 6.45) is 0.877. The van der Waals surface area contributed by atoms with E-state index in [1.54, 1.807) is 0 Å². The smallest absolute Gasteiger partial charge is 0.241 e. The van der Waals surface area contributed by atoms with Crippen molar-refractivity contribution in [3.8, 4) is 0 Å². The van der Waals surface area contributed by atoms with Gasteiger partial charge in [-0.15, -0.1) is 0 Å².